The van der Waals surface area contributed by atoms with E-state index < -0.39 is 0 Å². The van der Waals surface area contributed by atoms with Gasteiger partial charge in [0, 0.05) is 34.0 Å². The Balaban J connectivity index is 1.89. The minimum atomic E-state index is -0.175. The van der Waals surface area contributed by atoms with Crippen LogP contribution in [0.25, 0.3) is 0 Å². The fourth-order valence-electron chi connectivity index (χ4n) is 2.69. The highest BCUT2D eigenvalue weighted by Crippen LogP contribution is 2.37. The first-order chi connectivity index (χ1) is 10.2. The number of benzene rings is 1. The molecule has 21 heavy (non-hydrogen) atoms. The van der Waals surface area contributed by atoms with Gasteiger partial charge in [-0.1, -0.05) is 22.0 Å². The quantitative estimate of drug-likeness (QED) is 0.822. The van der Waals surface area contributed by atoms with Gasteiger partial charge in [0.25, 0.3) is 0 Å². The molecule has 5 heteroatoms. The van der Waals surface area contributed by atoms with E-state index in [2.05, 4.69) is 38.3 Å². The Morgan fingerprint density at radius 3 is 2.81 bits per heavy atom. The van der Waals surface area contributed by atoms with Crippen molar-refractivity contribution in [1.82, 2.24) is 4.90 Å². The van der Waals surface area contributed by atoms with Crippen LogP contribution in [0.15, 0.2) is 40.2 Å². The van der Waals surface area contributed by atoms with Gasteiger partial charge in [0.15, 0.2) is 0 Å². The molecule has 1 aliphatic rings. The molecular weight excluding hydrogens is 351 g/mol. The molecule has 1 fully saturated rings. The molecule has 3 rings (SSSR count). The maximum absolute atomic E-state index is 14.2. The summed E-state index contributed by atoms with van der Waals surface area (Å²) >= 11 is 5.17. The van der Waals surface area contributed by atoms with Crippen LogP contribution in [0.5, 0.6) is 0 Å². The summed E-state index contributed by atoms with van der Waals surface area (Å²) in [6, 6.07) is 9.74. The van der Waals surface area contributed by atoms with E-state index in [4.69, 9.17) is 5.73 Å². The Morgan fingerprint density at radius 1 is 1.38 bits per heavy atom. The highest BCUT2D eigenvalue weighted by Gasteiger charge is 2.35. The number of hydrogen-bond donors (Lipinski definition) is 1. The Morgan fingerprint density at radius 2 is 2.19 bits per heavy atom. The molecule has 1 heterocycles. The lowest BCUT2D eigenvalue weighted by atomic mass is 10.0. The van der Waals surface area contributed by atoms with Crippen LogP contribution in [-0.4, -0.2) is 17.5 Å². The molecule has 0 radical (unpaired) electrons. The zero-order valence-corrected chi connectivity index (χ0v) is 14.0. The molecule has 1 atom stereocenters. The van der Waals surface area contributed by atoms with E-state index in [1.165, 1.54) is 23.8 Å². The maximum Gasteiger partial charge on any atom is 0.128 e. The Labute approximate surface area is 136 Å². The first-order valence-electron chi connectivity index (χ1n) is 7.12. The summed E-state index contributed by atoms with van der Waals surface area (Å²) in [5.41, 5.74) is 6.69. The van der Waals surface area contributed by atoms with Gasteiger partial charge in [-0.2, -0.15) is 0 Å². The van der Waals surface area contributed by atoms with E-state index in [1.54, 1.807) is 17.4 Å². The second-order valence-corrected chi connectivity index (χ2v) is 7.35. The second-order valence-electron chi connectivity index (χ2n) is 5.40. The third-order valence-corrected chi connectivity index (χ3v) is 5.23. The molecule has 1 aliphatic carbocycles. The van der Waals surface area contributed by atoms with E-state index in [-0.39, 0.29) is 11.9 Å². The summed E-state index contributed by atoms with van der Waals surface area (Å²) in [5.74, 6) is -0.175. The number of halogens is 2. The third kappa shape index (κ3) is 3.54. The van der Waals surface area contributed by atoms with Gasteiger partial charge in [-0.25, -0.2) is 4.39 Å². The standard InChI is InChI=1S/C16H18BrFN2S/c17-11-3-6-15(18)14(8-11)16(9-19)20(12-4-5-12)10-13-2-1-7-21-13/h1-3,6-8,12,16H,4-5,9-10,19H2. The highest BCUT2D eigenvalue weighted by molar-refractivity contribution is 9.10. The molecule has 2 nitrogen and oxygen atoms in total. The smallest absolute Gasteiger partial charge is 0.128 e. The lowest BCUT2D eigenvalue weighted by Crippen LogP contribution is -2.35. The van der Waals surface area contributed by atoms with Gasteiger partial charge in [0.05, 0.1) is 6.04 Å². The average molecular weight is 369 g/mol. The molecule has 112 valence electrons. The minimum Gasteiger partial charge on any atom is -0.329 e. The van der Waals surface area contributed by atoms with Gasteiger partial charge >= 0.3 is 0 Å². The van der Waals surface area contributed by atoms with Crippen molar-refractivity contribution in [2.24, 2.45) is 5.73 Å². The van der Waals surface area contributed by atoms with Crippen LogP contribution in [0, 0.1) is 5.82 Å². The normalized spacial score (nSPS) is 16.4. The van der Waals surface area contributed by atoms with E-state index in [9.17, 15) is 4.39 Å². The first-order valence-corrected chi connectivity index (χ1v) is 8.79. The molecule has 2 N–H and O–H groups in total. The van der Waals surface area contributed by atoms with Crippen LogP contribution in [0.4, 0.5) is 4.39 Å². The summed E-state index contributed by atoms with van der Waals surface area (Å²) in [5, 5.41) is 2.08. The molecule has 0 spiro atoms. The van der Waals surface area contributed by atoms with Crippen molar-refractivity contribution < 1.29 is 4.39 Å². The Kier molecular flexibility index (Phi) is 4.74. The van der Waals surface area contributed by atoms with E-state index in [0.717, 1.165) is 11.0 Å². The second kappa shape index (κ2) is 6.57. The topological polar surface area (TPSA) is 29.3 Å². The lowest BCUT2D eigenvalue weighted by molar-refractivity contribution is 0.180. The monoisotopic (exact) mass is 368 g/mol. The van der Waals surface area contributed by atoms with Gasteiger partial charge in [0.1, 0.15) is 5.82 Å². The highest BCUT2D eigenvalue weighted by atomic mass is 79.9. The summed E-state index contributed by atoms with van der Waals surface area (Å²) in [6.45, 7) is 1.27. The minimum absolute atomic E-state index is 0.0721. The van der Waals surface area contributed by atoms with Crippen molar-refractivity contribution in [3.05, 3.63) is 56.4 Å². The summed E-state index contributed by atoms with van der Waals surface area (Å²) < 4.78 is 15.1. The summed E-state index contributed by atoms with van der Waals surface area (Å²) in [4.78, 5) is 3.66. The number of thiophene rings is 1. The van der Waals surface area contributed by atoms with Crippen LogP contribution < -0.4 is 5.73 Å². The number of rotatable bonds is 6. The van der Waals surface area contributed by atoms with Crippen molar-refractivity contribution in [3.8, 4) is 0 Å². The van der Waals surface area contributed by atoms with Gasteiger partial charge in [-0.05, 0) is 42.5 Å². The van der Waals surface area contributed by atoms with Crippen molar-refractivity contribution in [2.75, 3.05) is 6.54 Å². The van der Waals surface area contributed by atoms with E-state index in [0.29, 0.717) is 18.2 Å². The average Bonchev–Trinajstić information content (AvgIpc) is 3.19. The van der Waals surface area contributed by atoms with Gasteiger partial charge < -0.3 is 5.73 Å². The van der Waals surface area contributed by atoms with Crippen LogP contribution in [0.3, 0.4) is 0 Å². The number of nitrogens with two attached hydrogens (primary N) is 1. The molecule has 0 amide bonds. The molecule has 1 saturated carbocycles. The predicted octanol–water partition coefficient (Wildman–Crippen LogP) is 4.31. The molecule has 0 saturated heterocycles. The maximum atomic E-state index is 14.2. The fraction of sp³-hybridized carbons (Fsp3) is 0.375. The molecule has 1 aromatic carbocycles. The SMILES string of the molecule is NCC(c1cc(Br)ccc1F)N(Cc1cccs1)C1CC1. The van der Waals surface area contributed by atoms with Gasteiger partial charge in [-0.3, -0.25) is 4.90 Å². The summed E-state index contributed by atoms with van der Waals surface area (Å²) in [7, 11) is 0. The molecule has 0 bridgehead atoms. The van der Waals surface area contributed by atoms with Crippen molar-refractivity contribution in [2.45, 2.75) is 31.5 Å². The van der Waals surface area contributed by atoms with Crippen LogP contribution in [-0.2, 0) is 6.54 Å². The fourth-order valence-corrected chi connectivity index (χ4v) is 3.78. The molecule has 1 aromatic heterocycles. The third-order valence-electron chi connectivity index (χ3n) is 3.88. The van der Waals surface area contributed by atoms with Gasteiger partial charge in [-0.15, -0.1) is 11.3 Å². The molecule has 2 aromatic rings. The van der Waals surface area contributed by atoms with E-state index >= 15 is 0 Å². The zero-order valence-electron chi connectivity index (χ0n) is 11.6. The molecule has 0 aliphatic heterocycles. The Hall–Kier alpha value is -0.750. The van der Waals surface area contributed by atoms with Gasteiger partial charge in [0.2, 0.25) is 0 Å². The van der Waals surface area contributed by atoms with Crippen LogP contribution in [0.2, 0.25) is 0 Å². The number of nitrogens with zero attached hydrogens (tertiary/aromatic N) is 1. The zero-order chi connectivity index (χ0) is 14.8. The van der Waals surface area contributed by atoms with Crippen molar-refractivity contribution in [3.63, 3.8) is 0 Å². The van der Waals surface area contributed by atoms with E-state index in [1.807, 2.05) is 6.07 Å². The van der Waals surface area contributed by atoms with Crippen LogP contribution in [0.1, 0.15) is 29.3 Å². The van der Waals surface area contributed by atoms with Crippen molar-refractivity contribution >= 4 is 27.3 Å². The first kappa shape index (κ1) is 15.2. The molecular formula is C16H18BrFN2S. The Bertz CT molecular complexity index is 598. The van der Waals surface area contributed by atoms with Crippen LogP contribution >= 0.6 is 27.3 Å². The lowest BCUT2D eigenvalue weighted by Gasteiger charge is -2.31. The largest absolute Gasteiger partial charge is 0.329 e. The molecule has 1 unspecified atom stereocenters. The summed E-state index contributed by atoms with van der Waals surface area (Å²) in [6.07, 6.45) is 2.36. The number of hydrogen-bond acceptors (Lipinski definition) is 3. The predicted molar refractivity (Wildman–Crippen MR) is 88.8 cm³/mol. The van der Waals surface area contributed by atoms with Crippen molar-refractivity contribution in [1.29, 1.82) is 0 Å².